The highest BCUT2D eigenvalue weighted by Gasteiger charge is 2.19. The van der Waals surface area contributed by atoms with Crippen LogP contribution in [0.3, 0.4) is 0 Å². The van der Waals surface area contributed by atoms with Gasteiger partial charge < -0.3 is 10.2 Å². The summed E-state index contributed by atoms with van der Waals surface area (Å²) >= 11 is 3.41. The summed E-state index contributed by atoms with van der Waals surface area (Å²) in [6.07, 6.45) is 0. The van der Waals surface area contributed by atoms with Gasteiger partial charge in [-0.25, -0.2) is 0 Å². The van der Waals surface area contributed by atoms with Gasteiger partial charge in [0.2, 0.25) is 0 Å². The largest absolute Gasteiger partial charge is 0.451 e. The topological polar surface area (TPSA) is 61.2 Å². The predicted molar refractivity (Wildman–Crippen MR) is 94.7 cm³/mol. The minimum atomic E-state index is -0.199. The van der Waals surface area contributed by atoms with Crippen molar-refractivity contribution in [3.05, 3.63) is 64.5 Å². The van der Waals surface area contributed by atoms with Gasteiger partial charge >= 0.3 is 0 Å². The van der Waals surface area contributed by atoms with Crippen LogP contribution in [-0.4, -0.2) is 10.5 Å². The Balaban J connectivity index is 1.91. The van der Waals surface area contributed by atoms with Gasteiger partial charge in [-0.1, -0.05) is 22.0 Å². The smallest absolute Gasteiger partial charge is 0.298 e. The van der Waals surface area contributed by atoms with Crippen LogP contribution in [0.15, 0.2) is 57.4 Å². The van der Waals surface area contributed by atoms with Gasteiger partial charge in [0.25, 0.3) is 5.91 Å². The van der Waals surface area contributed by atoms with Crippen molar-refractivity contribution in [3.8, 4) is 0 Å². The van der Waals surface area contributed by atoms with E-state index in [4.69, 9.17) is 10.2 Å². The van der Waals surface area contributed by atoms with Crippen LogP contribution in [0.5, 0.6) is 0 Å². The lowest BCUT2D eigenvalue weighted by Crippen LogP contribution is -2.12. The van der Waals surface area contributed by atoms with Gasteiger partial charge in [0, 0.05) is 26.6 Å². The summed E-state index contributed by atoms with van der Waals surface area (Å²) in [5.74, 6) is 0.108. The number of fused-ring (bicyclic) bond motifs is 2. The number of nitrogens with two attached hydrogens (primary N) is 1. The van der Waals surface area contributed by atoms with E-state index in [-0.39, 0.29) is 5.91 Å². The lowest BCUT2D eigenvalue weighted by atomic mass is 10.2. The van der Waals surface area contributed by atoms with Crippen molar-refractivity contribution in [1.82, 2.24) is 4.57 Å². The quantitative estimate of drug-likeness (QED) is 0.494. The first-order chi connectivity index (χ1) is 11.0. The highest BCUT2D eigenvalue weighted by molar-refractivity contribution is 9.10. The Morgan fingerprint density at radius 2 is 2.00 bits per heavy atom. The molecule has 0 spiro atoms. The van der Waals surface area contributed by atoms with Crippen molar-refractivity contribution in [2.45, 2.75) is 6.92 Å². The molecule has 2 aromatic heterocycles. The number of furan rings is 1. The molecular formula is C18H13BrN2O2. The van der Waals surface area contributed by atoms with Crippen LogP contribution in [0.4, 0.5) is 5.69 Å². The molecule has 0 saturated heterocycles. The van der Waals surface area contributed by atoms with Crippen LogP contribution in [-0.2, 0) is 0 Å². The first-order valence-electron chi connectivity index (χ1n) is 7.15. The van der Waals surface area contributed by atoms with Crippen LogP contribution in [0.25, 0.3) is 21.9 Å². The lowest BCUT2D eigenvalue weighted by molar-refractivity contribution is 0.0938. The second-order valence-electron chi connectivity index (χ2n) is 5.50. The molecular weight excluding hydrogens is 356 g/mol. The lowest BCUT2D eigenvalue weighted by Gasteiger charge is -2.04. The maximum atomic E-state index is 12.9. The fourth-order valence-electron chi connectivity index (χ4n) is 2.88. The number of hydrogen-bond donors (Lipinski definition) is 1. The number of carbonyl (C=O) groups excluding carboxylic acids is 1. The van der Waals surface area contributed by atoms with Gasteiger partial charge in [0.05, 0.1) is 5.52 Å². The molecule has 0 aliphatic rings. The zero-order valence-electron chi connectivity index (χ0n) is 12.3. The van der Waals surface area contributed by atoms with E-state index in [9.17, 15) is 4.79 Å². The molecule has 0 unspecified atom stereocenters. The minimum Gasteiger partial charge on any atom is -0.451 e. The number of hydrogen-bond acceptors (Lipinski definition) is 3. The third kappa shape index (κ3) is 2.16. The maximum absolute atomic E-state index is 12.9. The minimum absolute atomic E-state index is 0.199. The SMILES string of the molecule is Cc1cc2c(N)cccc2n1C(=O)c1cc2ccc(Br)cc2o1. The maximum Gasteiger partial charge on any atom is 0.298 e. The molecule has 2 N–H and O–H groups in total. The molecule has 0 amide bonds. The highest BCUT2D eigenvalue weighted by atomic mass is 79.9. The van der Waals surface area contributed by atoms with Gasteiger partial charge in [0.15, 0.2) is 5.76 Å². The normalized spacial score (nSPS) is 11.4. The van der Waals surface area contributed by atoms with Gasteiger partial charge in [-0.05, 0) is 49.4 Å². The standard InChI is InChI=1S/C18H13BrN2O2/c1-10-7-13-14(20)3-2-4-15(13)21(10)18(22)17-8-11-5-6-12(19)9-16(11)23-17/h2-9H,20H2,1H3. The van der Waals surface area contributed by atoms with Crippen molar-refractivity contribution in [1.29, 1.82) is 0 Å². The van der Waals surface area contributed by atoms with E-state index in [1.165, 1.54) is 0 Å². The summed E-state index contributed by atoms with van der Waals surface area (Å²) in [7, 11) is 0. The molecule has 0 saturated carbocycles. The van der Waals surface area contributed by atoms with E-state index in [0.717, 1.165) is 26.5 Å². The van der Waals surface area contributed by atoms with Crippen molar-refractivity contribution < 1.29 is 9.21 Å². The fraction of sp³-hybridized carbons (Fsp3) is 0.0556. The molecule has 0 aliphatic carbocycles. The average Bonchev–Trinajstić information content (AvgIpc) is 3.07. The number of anilines is 1. The molecule has 4 nitrogen and oxygen atoms in total. The summed E-state index contributed by atoms with van der Waals surface area (Å²) in [5.41, 5.74) is 8.95. The number of nitrogen functional groups attached to an aromatic ring is 1. The number of rotatable bonds is 1. The third-order valence-electron chi connectivity index (χ3n) is 3.96. The number of nitrogens with zero attached hydrogens (tertiary/aromatic N) is 1. The third-order valence-corrected chi connectivity index (χ3v) is 4.45. The van der Waals surface area contributed by atoms with Crippen LogP contribution < -0.4 is 5.73 Å². The monoisotopic (exact) mass is 368 g/mol. The Morgan fingerprint density at radius 3 is 2.83 bits per heavy atom. The zero-order valence-corrected chi connectivity index (χ0v) is 13.9. The van der Waals surface area contributed by atoms with Gasteiger partial charge in [-0.15, -0.1) is 0 Å². The van der Waals surface area contributed by atoms with Crippen LogP contribution in [0, 0.1) is 6.92 Å². The number of halogens is 1. The average molecular weight is 369 g/mol. The van der Waals surface area contributed by atoms with Crippen LogP contribution in [0.2, 0.25) is 0 Å². The van der Waals surface area contributed by atoms with Gasteiger partial charge in [-0.3, -0.25) is 9.36 Å². The number of aryl methyl sites for hydroxylation is 1. The van der Waals surface area contributed by atoms with Crippen molar-refractivity contribution in [3.63, 3.8) is 0 Å². The van der Waals surface area contributed by atoms with Gasteiger partial charge in [0.1, 0.15) is 5.58 Å². The van der Waals surface area contributed by atoms with E-state index in [2.05, 4.69) is 15.9 Å². The summed E-state index contributed by atoms with van der Waals surface area (Å²) < 4.78 is 8.29. The van der Waals surface area contributed by atoms with Crippen molar-refractivity contribution >= 4 is 49.4 Å². The van der Waals surface area contributed by atoms with E-state index in [1.54, 1.807) is 10.6 Å². The molecule has 2 heterocycles. The van der Waals surface area contributed by atoms with Crippen LogP contribution in [0.1, 0.15) is 16.2 Å². The Kier molecular flexibility index (Phi) is 3.06. The second-order valence-corrected chi connectivity index (χ2v) is 6.41. The zero-order chi connectivity index (χ0) is 16.1. The number of carbonyl (C=O) groups is 1. The molecule has 0 atom stereocenters. The number of benzene rings is 2. The first-order valence-corrected chi connectivity index (χ1v) is 7.94. The van der Waals surface area contributed by atoms with E-state index < -0.39 is 0 Å². The molecule has 4 aromatic rings. The van der Waals surface area contributed by atoms with Crippen molar-refractivity contribution in [2.75, 3.05) is 5.73 Å². The number of aromatic nitrogens is 1. The second kappa shape index (κ2) is 4.99. The molecule has 4 rings (SSSR count). The molecule has 23 heavy (non-hydrogen) atoms. The predicted octanol–water partition coefficient (Wildman–Crippen LogP) is 4.73. The Labute approximate surface area is 140 Å². The van der Waals surface area contributed by atoms with E-state index >= 15 is 0 Å². The molecule has 2 aromatic carbocycles. The molecule has 5 heteroatoms. The van der Waals surface area contributed by atoms with E-state index in [1.807, 2.05) is 49.4 Å². The van der Waals surface area contributed by atoms with Gasteiger partial charge in [-0.2, -0.15) is 0 Å². The Morgan fingerprint density at radius 1 is 1.17 bits per heavy atom. The summed E-state index contributed by atoms with van der Waals surface area (Å²) in [6.45, 7) is 1.89. The highest BCUT2D eigenvalue weighted by Crippen LogP contribution is 2.28. The molecule has 114 valence electrons. The summed E-state index contributed by atoms with van der Waals surface area (Å²) in [6, 6.07) is 14.9. The summed E-state index contributed by atoms with van der Waals surface area (Å²) in [4.78, 5) is 12.9. The van der Waals surface area contributed by atoms with Crippen LogP contribution >= 0.6 is 15.9 Å². The van der Waals surface area contributed by atoms with E-state index in [0.29, 0.717) is 17.0 Å². The van der Waals surface area contributed by atoms with Crippen molar-refractivity contribution in [2.24, 2.45) is 0 Å². The molecule has 0 fully saturated rings. The fourth-order valence-corrected chi connectivity index (χ4v) is 3.22. The molecule has 0 radical (unpaired) electrons. The molecule has 0 aliphatic heterocycles. The summed E-state index contributed by atoms with van der Waals surface area (Å²) in [5, 5.41) is 1.77. The Bertz CT molecular complexity index is 1080. The Hall–Kier alpha value is -2.53. The first kappa shape index (κ1) is 14.1. The molecule has 0 bridgehead atoms.